The molecule has 0 fully saturated rings. The Morgan fingerprint density at radius 2 is 1.40 bits per heavy atom. The quantitative estimate of drug-likeness (QED) is 0.124. The van der Waals surface area contributed by atoms with Crippen molar-refractivity contribution in [2.75, 3.05) is 32.7 Å². The van der Waals surface area contributed by atoms with E-state index in [-0.39, 0.29) is 0 Å². The summed E-state index contributed by atoms with van der Waals surface area (Å²) in [6.07, 6.45) is 1.62. The van der Waals surface area contributed by atoms with Crippen LogP contribution in [-0.4, -0.2) is 53.7 Å². The third-order valence-corrected chi connectivity index (χ3v) is 4.03. The Balaban J connectivity index is 3.07. The Labute approximate surface area is 172 Å². The fraction of sp³-hybridized carbons (Fsp3) is 0.625. The summed E-state index contributed by atoms with van der Waals surface area (Å²) in [7, 11) is 0. The van der Waals surface area contributed by atoms with Crippen molar-refractivity contribution in [1.82, 2.24) is 10.6 Å². The first-order valence-electron chi connectivity index (χ1n) is 9.43. The molecule has 1 rings (SSSR count). The zero-order valence-electron chi connectivity index (χ0n) is 16.5. The molecule has 0 heterocycles. The smallest absolute Gasteiger partial charge is 0.325 e. The van der Waals surface area contributed by atoms with Gasteiger partial charge in [-0.15, -0.1) is 0 Å². The normalized spacial score (nSPS) is 11.8. The molecule has 1 atom stereocenters. The molecule has 0 saturated heterocycles. The first-order valence-corrected chi connectivity index (χ1v) is 9.43. The van der Waals surface area contributed by atoms with Crippen molar-refractivity contribution >= 4 is 17.1 Å². The van der Waals surface area contributed by atoms with Crippen LogP contribution in [0.2, 0.25) is 0 Å². The topological polar surface area (TPSA) is 215 Å². The minimum atomic E-state index is -0.944. The van der Waals surface area contributed by atoms with Crippen LogP contribution < -0.4 is 26.8 Å². The van der Waals surface area contributed by atoms with Crippen LogP contribution in [0.15, 0.2) is 12.1 Å². The van der Waals surface area contributed by atoms with Crippen LogP contribution in [0.5, 0.6) is 5.75 Å². The Kier molecular flexibility index (Phi) is 11.1. The largest absolute Gasteiger partial charge is 0.463 e. The number of nitro benzene ring substituents is 3. The highest BCUT2D eigenvalue weighted by molar-refractivity contribution is 5.65. The van der Waals surface area contributed by atoms with Crippen LogP contribution in [-0.2, 0) is 0 Å². The second-order valence-electron chi connectivity index (χ2n) is 6.32. The highest BCUT2D eigenvalue weighted by Crippen LogP contribution is 2.41. The van der Waals surface area contributed by atoms with Crippen LogP contribution in [0.4, 0.5) is 17.1 Å². The Morgan fingerprint density at radius 3 is 1.90 bits per heavy atom. The summed E-state index contributed by atoms with van der Waals surface area (Å²) in [4.78, 5) is 31.0. The number of non-ortho nitro benzene ring substituents is 1. The molecule has 0 aliphatic heterocycles. The first-order chi connectivity index (χ1) is 14.3. The van der Waals surface area contributed by atoms with E-state index in [4.69, 9.17) is 16.2 Å². The second-order valence-corrected chi connectivity index (χ2v) is 6.32. The van der Waals surface area contributed by atoms with E-state index in [1.54, 1.807) is 0 Å². The molecule has 0 aromatic heterocycles. The van der Waals surface area contributed by atoms with Gasteiger partial charge in [-0.1, -0.05) is 0 Å². The fourth-order valence-corrected chi connectivity index (χ4v) is 2.56. The molecule has 1 aromatic carbocycles. The zero-order chi connectivity index (χ0) is 22.5. The molecule has 168 valence electrons. The number of ether oxygens (including phenoxy) is 1. The van der Waals surface area contributed by atoms with Gasteiger partial charge in [0.25, 0.3) is 11.4 Å². The van der Waals surface area contributed by atoms with Gasteiger partial charge in [0, 0.05) is 0 Å². The van der Waals surface area contributed by atoms with Gasteiger partial charge in [-0.2, -0.15) is 0 Å². The van der Waals surface area contributed by atoms with Gasteiger partial charge < -0.3 is 21.5 Å². The summed E-state index contributed by atoms with van der Waals surface area (Å²) < 4.78 is 5.60. The van der Waals surface area contributed by atoms with Crippen LogP contribution in [0, 0.1) is 30.3 Å². The van der Waals surface area contributed by atoms with Gasteiger partial charge in [-0.05, 0) is 58.4 Å². The molecule has 1 unspecified atom stereocenters. The molecular formula is C16H27N7O7. The van der Waals surface area contributed by atoms with Gasteiger partial charge in [0.15, 0.2) is 6.23 Å². The van der Waals surface area contributed by atoms with Gasteiger partial charge in [0.1, 0.15) is 0 Å². The monoisotopic (exact) mass is 429 g/mol. The van der Waals surface area contributed by atoms with Gasteiger partial charge >= 0.3 is 11.4 Å². The van der Waals surface area contributed by atoms with Crippen molar-refractivity contribution in [3.05, 3.63) is 42.5 Å². The summed E-state index contributed by atoms with van der Waals surface area (Å²) in [5.41, 5.74) is 8.43. The molecule has 0 aliphatic carbocycles. The van der Waals surface area contributed by atoms with Crippen molar-refractivity contribution in [3.8, 4) is 5.75 Å². The lowest BCUT2D eigenvalue weighted by molar-refractivity contribution is -0.404. The molecular weight excluding hydrogens is 402 g/mol. The Morgan fingerprint density at radius 1 is 0.867 bits per heavy atom. The lowest BCUT2D eigenvalue weighted by Gasteiger charge is -2.20. The van der Waals surface area contributed by atoms with Crippen molar-refractivity contribution in [2.24, 2.45) is 11.5 Å². The minimum Gasteiger partial charge on any atom is -0.463 e. The zero-order valence-corrected chi connectivity index (χ0v) is 16.5. The molecule has 6 N–H and O–H groups in total. The van der Waals surface area contributed by atoms with E-state index in [9.17, 15) is 30.3 Å². The molecule has 14 heteroatoms. The van der Waals surface area contributed by atoms with E-state index in [0.717, 1.165) is 13.0 Å². The van der Waals surface area contributed by atoms with E-state index in [2.05, 4.69) is 10.6 Å². The van der Waals surface area contributed by atoms with Gasteiger partial charge in [0.2, 0.25) is 0 Å². The molecule has 0 radical (unpaired) electrons. The average Bonchev–Trinajstić information content (AvgIpc) is 2.69. The third kappa shape index (κ3) is 8.20. The highest BCUT2D eigenvalue weighted by atomic mass is 16.6. The maximum absolute atomic E-state index is 11.4. The maximum atomic E-state index is 11.4. The van der Waals surface area contributed by atoms with Gasteiger partial charge in [-0.3, -0.25) is 35.7 Å². The van der Waals surface area contributed by atoms with Crippen molar-refractivity contribution < 1.29 is 19.5 Å². The predicted molar refractivity (Wildman–Crippen MR) is 108 cm³/mol. The Hall–Kier alpha value is -2.94. The standard InChI is InChI=1S/C16H27N7O7/c17-5-2-8-19-7-1-4-15(20-9-3-6-18)30-16-13(22(26)27)10-12(21(24)25)11-14(16)23(28)29/h10-11,15,19-20H,1-9,17-18H2. The number of nitrogens with zero attached hydrogens (tertiary/aromatic N) is 3. The number of hydrogen-bond acceptors (Lipinski definition) is 11. The average molecular weight is 429 g/mol. The summed E-state index contributed by atoms with van der Waals surface area (Å²) >= 11 is 0. The molecule has 0 saturated carbocycles. The Bertz CT molecular complexity index is 697. The second kappa shape index (κ2) is 13.3. The number of nitrogens with two attached hydrogens (primary N) is 2. The summed E-state index contributed by atoms with van der Waals surface area (Å²) in [6.45, 7) is 2.76. The SMILES string of the molecule is NCCCNCCCC(NCCCN)Oc1c([N+](=O)[O-])cc([N+](=O)[O-])cc1[N+](=O)[O-]. The van der Waals surface area contributed by atoms with Gasteiger partial charge in [0.05, 0.1) is 26.9 Å². The van der Waals surface area contributed by atoms with E-state index in [1.807, 2.05) is 0 Å². The third-order valence-electron chi connectivity index (χ3n) is 4.03. The molecule has 0 spiro atoms. The molecule has 0 amide bonds. The highest BCUT2D eigenvalue weighted by Gasteiger charge is 2.33. The molecule has 14 nitrogen and oxygen atoms in total. The lowest BCUT2D eigenvalue weighted by atomic mass is 10.2. The van der Waals surface area contributed by atoms with Crippen molar-refractivity contribution in [1.29, 1.82) is 0 Å². The van der Waals surface area contributed by atoms with Gasteiger partial charge in [-0.25, -0.2) is 0 Å². The van der Waals surface area contributed by atoms with E-state index < -0.39 is 43.8 Å². The summed E-state index contributed by atoms with van der Waals surface area (Å²) in [5.74, 6) is -0.628. The predicted octanol–water partition coefficient (Wildman–Crippen LogP) is 0.773. The maximum Gasteiger partial charge on any atom is 0.325 e. The minimum absolute atomic E-state index is 0.380. The molecule has 1 aromatic rings. The van der Waals surface area contributed by atoms with Crippen LogP contribution in [0.25, 0.3) is 0 Å². The number of rotatable bonds is 16. The van der Waals surface area contributed by atoms with Crippen LogP contribution >= 0.6 is 0 Å². The molecule has 0 bridgehead atoms. The number of hydrogen-bond donors (Lipinski definition) is 4. The fourth-order valence-electron chi connectivity index (χ4n) is 2.56. The van der Waals surface area contributed by atoms with E-state index in [0.29, 0.717) is 57.6 Å². The van der Waals surface area contributed by atoms with Crippen LogP contribution in [0.1, 0.15) is 25.7 Å². The van der Waals surface area contributed by atoms with Crippen molar-refractivity contribution in [3.63, 3.8) is 0 Å². The summed E-state index contributed by atoms with van der Waals surface area (Å²) in [6, 6.07) is 1.29. The lowest BCUT2D eigenvalue weighted by Crippen LogP contribution is -2.37. The number of nitro groups is 3. The van der Waals surface area contributed by atoms with Crippen LogP contribution in [0.3, 0.4) is 0 Å². The van der Waals surface area contributed by atoms with E-state index >= 15 is 0 Å². The van der Waals surface area contributed by atoms with E-state index in [1.165, 1.54) is 0 Å². The molecule has 30 heavy (non-hydrogen) atoms. The number of nitrogens with one attached hydrogen (secondary N) is 2. The molecule has 0 aliphatic rings. The number of benzene rings is 1. The summed E-state index contributed by atoms with van der Waals surface area (Å²) in [5, 5.41) is 40.0. The first kappa shape index (κ1) is 25.1. The van der Waals surface area contributed by atoms with Crippen molar-refractivity contribution in [2.45, 2.75) is 31.9 Å².